The smallest absolute Gasteiger partial charge is 0.305 e. The van der Waals surface area contributed by atoms with Gasteiger partial charge in [0.25, 0.3) is 5.91 Å². The summed E-state index contributed by atoms with van der Waals surface area (Å²) < 4.78 is 0. The lowest BCUT2D eigenvalue weighted by Crippen LogP contribution is -2.59. The van der Waals surface area contributed by atoms with E-state index in [1.54, 1.807) is 30.3 Å². The number of benzene rings is 1. The minimum Gasteiger partial charge on any atom is -0.481 e. The molecule has 0 saturated heterocycles. The maximum Gasteiger partial charge on any atom is 0.305 e. The second-order valence-corrected chi connectivity index (χ2v) is 8.77. The van der Waals surface area contributed by atoms with Gasteiger partial charge in [0, 0.05) is 0 Å². The zero-order valence-corrected chi connectivity index (χ0v) is 21.2. The molecule has 13 nitrogen and oxygen atoms in total. The average Bonchev–Trinajstić information content (AvgIpc) is 2.89. The summed E-state index contributed by atoms with van der Waals surface area (Å²) in [5, 5.41) is 57.2. The van der Waals surface area contributed by atoms with Crippen LogP contribution in [0, 0.1) is 0 Å². The number of aliphatic hydroxyl groups excluding tert-OH is 4. The van der Waals surface area contributed by atoms with Crippen LogP contribution in [0.3, 0.4) is 0 Å². The van der Waals surface area contributed by atoms with E-state index in [4.69, 9.17) is 10.8 Å². The van der Waals surface area contributed by atoms with Crippen LogP contribution < -0.4 is 21.7 Å². The van der Waals surface area contributed by atoms with Crippen LogP contribution >= 0.6 is 0 Å². The van der Waals surface area contributed by atoms with E-state index in [2.05, 4.69) is 22.5 Å². The number of carboxylic acids is 1. The number of carboxylic acid groups (broad SMARTS) is 1. The number of carbonyl (C=O) groups excluding carboxylic acids is 3. The lowest BCUT2D eigenvalue weighted by atomic mass is 9.98. The molecule has 3 amide bonds. The monoisotopic (exact) mass is 538 g/mol. The molecule has 10 N–H and O–H groups in total. The second kappa shape index (κ2) is 16.5. The quantitative estimate of drug-likeness (QED) is 0.0996. The van der Waals surface area contributed by atoms with Gasteiger partial charge in [-0.25, -0.2) is 0 Å². The molecule has 0 saturated carbocycles. The molecule has 212 valence electrons. The molecular formula is C25H38N4O9. The Hall–Kier alpha value is -3.36. The summed E-state index contributed by atoms with van der Waals surface area (Å²) in [5.74, 6) is -3.83. The number of amides is 3. The highest BCUT2D eigenvalue weighted by atomic mass is 16.4. The molecule has 0 aliphatic rings. The van der Waals surface area contributed by atoms with Crippen LogP contribution in [-0.4, -0.2) is 92.3 Å². The molecular weight excluding hydrogens is 500 g/mol. The largest absolute Gasteiger partial charge is 0.481 e. The molecule has 38 heavy (non-hydrogen) atoms. The highest BCUT2D eigenvalue weighted by Gasteiger charge is 2.37. The number of nitrogens with two attached hydrogens (primary N) is 1. The summed E-state index contributed by atoms with van der Waals surface area (Å²) in [7, 11) is 0. The summed E-state index contributed by atoms with van der Waals surface area (Å²) in [4.78, 5) is 48.8. The number of hydrogen-bond donors (Lipinski definition) is 9. The summed E-state index contributed by atoms with van der Waals surface area (Å²) >= 11 is 0. The van der Waals surface area contributed by atoms with Crippen LogP contribution in [-0.2, 0) is 19.2 Å². The van der Waals surface area contributed by atoms with Crippen LogP contribution in [0.15, 0.2) is 43.0 Å². The summed E-state index contributed by atoms with van der Waals surface area (Å²) in [6.45, 7) is 4.47. The Labute approximate surface area is 220 Å². The molecule has 7 unspecified atom stereocenters. The third kappa shape index (κ3) is 10.2. The third-order valence-corrected chi connectivity index (χ3v) is 5.75. The summed E-state index contributed by atoms with van der Waals surface area (Å²) in [6.07, 6.45) is -4.59. The fourth-order valence-electron chi connectivity index (χ4n) is 3.59. The highest BCUT2D eigenvalue weighted by Crippen LogP contribution is 2.17. The van der Waals surface area contributed by atoms with E-state index in [0.717, 1.165) is 0 Å². The van der Waals surface area contributed by atoms with Gasteiger partial charge in [-0.05, 0) is 18.4 Å². The third-order valence-electron chi connectivity index (χ3n) is 5.75. The predicted octanol–water partition coefficient (Wildman–Crippen LogP) is -1.93. The first-order valence-corrected chi connectivity index (χ1v) is 12.2. The number of aliphatic hydroxyl groups is 4. The topological polar surface area (TPSA) is 232 Å². The SMILES string of the molecule is C=CCC(NC(=O)C(N)CCC)C(=O)NC(CO)C(O)C(O)C(O)C(=O)NC(CC(=O)O)c1ccccc1. The van der Waals surface area contributed by atoms with Crippen LogP contribution in [0.4, 0.5) is 0 Å². The predicted molar refractivity (Wildman–Crippen MR) is 136 cm³/mol. The van der Waals surface area contributed by atoms with E-state index >= 15 is 0 Å². The minimum absolute atomic E-state index is 0.0112. The van der Waals surface area contributed by atoms with Crippen molar-refractivity contribution in [2.24, 2.45) is 5.73 Å². The molecule has 0 fully saturated rings. The van der Waals surface area contributed by atoms with E-state index in [9.17, 15) is 39.6 Å². The Kier molecular flexibility index (Phi) is 14.2. The second-order valence-electron chi connectivity index (χ2n) is 8.77. The van der Waals surface area contributed by atoms with Crippen molar-refractivity contribution in [2.45, 2.75) is 75.1 Å². The molecule has 0 bridgehead atoms. The molecule has 0 aliphatic heterocycles. The van der Waals surface area contributed by atoms with Crippen molar-refractivity contribution in [3.05, 3.63) is 48.6 Å². The molecule has 0 heterocycles. The first kappa shape index (κ1) is 32.7. The van der Waals surface area contributed by atoms with Gasteiger partial charge in [0.05, 0.1) is 31.2 Å². The van der Waals surface area contributed by atoms with Gasteiger partial charge in [-0.3, -0.25) is 19.2 Å². The van der Waals surface area contributed by atoms with Crippen LogP contribution in [0.25, 0.3) is 0 Å². The first-order chi connectivity index (χ1) is 18.0. The van der Waals surface area contributed by atoms with Crippen LogP contribution in [0.2, 0.25) is 0 Å². The fourth-order valence-corrected chi connectivity index (χ4v) is 3.59. The Morgan fingerprint density at radius 3 is 2.13 bits per heavy atom. The Morgan fingerprint density at radius 2 is 1.61 bits per heavy atom. The normalized spacial score (nSPS) is 16.6. The van der Waals surface area contributed by atoms with Gasteiger partial charge in [-0.1, -0.05) is 49.8 Å². The molecule has 13 heteroatoms. The number of aliphatic carboxylic acids is 1. The molecule has 0 radical (unpaired) electrons. The zero-order valence-electron chi connectivity index (χ0n) is 21.2. The van der Waals surface area contributed by atoms with Gasteiger partial charge in [0.2, 0.25) is 11.8 Å². The Morgan fingerprint density at radius 1 is 0.974 bits per heavy atom. The van der Waals surface area contributed by atoms with E-state index in [0.29, 0.717) is 18.4 Å². The van der Waals surface area contributed by atoms with Crippen molar-refractivity contribution in [1.82, 2.24) is 16.0 Å². The van der Waals surface area contributed by atoms with Crippen LogP contribution in [0.1, 0.15) is 44.2 Å². The van der Waals surface area contributed by atoms with Crippen molar-refractivity contribution in [3.63, 3.8) is 0 Å². The fraction of sp³-hybridized carbons (Fsp3) is 0.520. The van der Waals surface area contributed by atoms with Crippen molar-refractivity contribution >= 4 is 23.7 Å². The number of carbonyl (C=O) groups is 4. The summed E-state index contributed by atoms with van der Waals surface area (Å²) in [6, 6.07) is 3.47. The molecule has 0 spiro atoms. The van der Waals surface area contributed by atoms with Gasteiger partial charge >= 0.3 is 5.97 Å². The van der Waals surface area contributed by atoms with Gasteiger partial charge < -0.3 is 47.2 Å². The van der Waals surface area contributed by atoms with E-state index < -0.39 is 79.2 Å². The van der Waals surface area contributed by atoms with Crippen LogP contribution in [0.5, 0.6) is 0 Å². The number of hydrogen-bond acceptors (Lipinski definition) is 9. The molecule has 1 aromatic carbocycles. The maximum absolute atomic E-state index is 12.7. The standard InChI is InChI=1S/C25H38N4O9/c1-3-8-15(26)23(36)27-16(9-4-2)24(37)29-18(13-30)20(33)21(34)22(35)25(38)28-17(12-19(31)32)14-10-6-5-7-11-14/h4-7,10-11,15-18,20-22,30,33-35H,2-3,8-9,12-13,26H2,1H3,(H,27,36)(H,28,38)(H,29,37)(H,31,32). The van der Waals surface area contributed by atoms with Crippen molar-refractivity contribution in [1.29, 1.82) is 0 Å². The lowest BCUT2D eigenvalue weighted by Gasteiger charge is -2.30. The average molecular weight is 539 g/mol. The van der Waals surface area contributed by atoms with Gasteiger partial charge in [0.15, 0.2) is 6.10 Å². The van der Waals surface area contributed by atoms with Gasteiger partial charge in [0.1, 0.15) is 18.2 Å². The highest BCUT2D eigenvalue weighted by molar-refractivity contribution is 5.90. The van der Waals surface area contributed by atoms with Crippen molar-refractivity contribution in [3.8, 4) is 0 Å². The van der Waals surface area contributed by atoms with Crippen molar-refractivity contribution < 1.29 is 44.7 Å². The lowest BCUT2D eigenvalue weighted by molar-refractivity contribution is -0.145. The Bertz CT molecular complexity index is 931. The maximum atomic E-state index is 12.7. The van der Waals surface area contributed by atoms with Gasteiger partial charge in [-0.2, -0.15) is 0 Å². The zero-order chi connectivity index (χ0) is 28.8. The number of nitrogens with one attached hydrogen (secondary N) is 3. The molecule has 0 aromatic heterocycles. The molecule has 0 aliphatic carbocycles. The molecule has 1 aromatic rings. The van der Waals surface area contributed by atoms with E-state index in [1.807, 2.05) is 6.92 Å². The summed E-state index contributed by atoms with van der Waals surface area (Å²) in [5.41, 5.74) is 6.20. The number of rotatable bonds is 17. The van der Waals surface area contributed by atoms with E-state index in [1.165, 1.54) is 6.08 Å². The first-order valence-electron chi connectivity index (χ1n) is 12.2. The van der Waals surface area contributed by atoms with Gasteiger partial charge in [-0.15, -0.1) is 6.58 Å². The van der Waals surface area contributed by atoms with E-state index in [-0.39, 0.29) is 6.42 Å². The molecule has 7 atom stereocenters. The molecule has 1 rings (SSSR count). The minimum atomic E-state index is -2.24. The van der Waals surface area contributed by atoms with Crippen molar-refractivity contribution in [2.75, 3.05) is 6.61 Å². The Balaban J connectivity index is 2.90.